The summed E-state index contributed by atoms with van der Waals surface area (Å²) in [5, 5.41) is 0. The molecule has 0 fully saturated rings. The smallest absolute Gasteiger partial charge is 0.257 e. The minimum absolute atomic E-state index is 0.0547. The molecule has 0 saturated heterocycles. The Hall–Kier alpha value is -1.80. The van der Waals surface area contributed by atoms with Gasteiger partial charge in [0.05, 0.1) is 24.1 Å². The van der Waals surface area contributed by atoms with Crippen molar-refractivity contribution in [2.45, 2.75) is 13.0 Å². The molecule has 1 aliphatic heterocycles. The lowest BCUT2D eigenvalue weighted by Gasteiger charge is -2.34. The van der Waals surface area contributed by atoms with Gasteiger partial charge in [0.15, 0.2) is 5.75 Å². The number of carbonyl (C=O) groups is 1. The number of nitrogens with zero attached hydrogens (tertiary/aromatic N) is 2. The second kappa shape index (κ2) is 6.37. The number of hydrogen-bond acceptors (Lipinski definition) is 5. The zero-order valence-electron chi connectivity index (χ0n) is 13.8. The van der Waals surface area contributed by atoms with Gasteiger partial charge >= 0.3 is 0 Å². The van der Waals surface area contributed by atoms with Gasteiger partial charge < -0.3 is 15.4 Å². The van der Waals surface area contributed by atoms with Crippen LogP contribution >= 0.6 is 0 Å². The molecule has 0 aromatic heterocycles. The number of sulfonamides is 1. The van der Waals surface area contributed by atoms with Crippen LogP contribution in [0.2, 0.25) is 0 Å². The topological polar surface area (TPSA) is 92.9 Å². The lowest BCUT2D eigenvalue weighted by molar-refractivity contribution is 0.0607. The van der Waals surface area contributed by atoms with Crippen LogP contribution in [0.4, 0.5) is 5.69 Å². The van der Waals surface area contributed by atoms with Crippen molar-refractivity contribution in [3.8, 4) is 5.75 Å². The summed E-state index contributed by atoms with van der Waals surface area (Å²) in [6.45, 7) is 2.58. The first-order valence-corrected chi connectivity index (χ1v) is 9.18. The van der Waals surface area contributed by atoms with Gasteiger partial charge in [0.2, 0.25) is 10.0 Å². The Balaban J connectivity index is 2.41. The van der Waals surface area contributed by atoms with Crippen LogP contribution in [0.1, 0.15) is 17.3 Å². The molecule has 1 aromatic carbocycles. The summed E-state index contributed by atoms with van der Waals surface area (Å²) in [5.41, 5.74) is 6.73. The Morgan fingerprint density at radius 2 is 2.09 bits per heavy atom. The predicted molar refractivity (Wildman–Crippen MR) is 88.9 cm³/mol. The molecule has 1 aliphatic rings. The normalized spacial score (nSPS) is 22.3. The average molecular weight is 341 g/mol. The van der Waals surface area contributed by atoms with Crippen LogP contribution in [-0.2, 0) is 10.0 Å². The first kappa shape index (κ1) is 17.6. The molecule has 2 rings (SSSR count). The van der Waals surface area contributed by atoms with E-state index >= 15 is 0 Å². The van der Waals surface area contributed by atoms with Gasteiger partial charge in [-0.05, 0) is 12.1 Å². The minimum Gasteiger partial charge on any atom is -0.486 e. The number of para-hydroxylation sites is 1. The Morgan fingerprint density at radius 1 is 1.43 bits per heavy atom. The third kappa shape index (κ3) is 3.76. The minimum atomic E-state index is -3.32. The average Bonchev–Trinajstić information content (AvgIpc) is 2.45. The third-order valence-electron chi connectivity index (χ3n) is 4.09. The van der Waals surface area contributed by atoms with Gasteiger partial charge in [0.1, 0.15) is 6.10 Å². The molecule has 1 heterocycles. The van der Waals surface area contributed by atoms with Crippen LogP contribution in [0, 0.1) is 5.92 Å². The van der Waals surface area contributed by atoms with Crippen LogP contribution < -0.4 is 10.5 Å². The van der Waals surface area contributed by atoms with Gasteiger partial charge in [-0.3, -0.25) is 4.79 Å². The van der Waals surface area contributed by atoms with E-state index in [9.17, 15) is 13.2 Å². The molecule has 7 nitrogen and oxygen atoms in total. The van der Waals surface area contributed by atoms with Crippen molar-refractivity contribution in [3.63, 3.8) is 0 Å². The molecule has 2 N–H and O–H groups in total. The fraction of sp³-hybridized carbons (Fsp3) is 0.533. The van der Waals surface area contributed by atoms with E-state index in [2.05, 4.69) is 0 Å². The SMILES string of the molecule is C[C@H]1CN(C)C(=O)c2cccc(N)c2O[C@H]1CN(C)S(C)(=O)=O. The van der Waals surface area contributed by atoms with Gasteiger partial charge in [-0.25, -0.2) is 12.7 Å². The van der Waals surface area contributed by atoms with Gasteiger partial charge in [-0.2, -0.15) is 0 Å². The zero-order chi connectivity index (χ0) is 17.4. The number of amides is 1. The highest BCUT2D eigenvalue weighted by atomic mass is 32.2. The monoisotopic (exact) mass is 341 g/mol. The lowest BCUT2D eigenvalue weighted by Crippen LogP contribution is -2.46. The summed E-state index contributed by atoms with van der Waals surface area (Å²) in [6.07, 6.45) is 0.743. The second-order valence-electron chi connectivity index (χ2n) is 6.09. The molecule has 8 heteroatoms. The van der Waals surface area contributed by atoms with E-state index in [-0.39, 0.29) is 18.4 Å². The summed E-state index contributed by atoms with van der Waals surface area (Å²) in [6, 6.07) is 5.03. The Labute approximate surface area is 137 Å². The number of benzene rings is 1. The van der Waals surface area contributed by atoms with E-state index in [1.807, 2.05) is 6.92 Å². The van der Waals surface area contributed by atoms with Gasteiger partial charge in [0, 0.05) is 26.6 Å². The summed E-state index contributed by atoms with van der Waals surface area (Å²) in [5.74, 6) is 0.109. The quantitative estimate of drug-likeness (QED) is 0.814. The van der Waals surface area contributed by atoms with Crippen LogP contribution in [0.3, 0.4) is 0 Å². The van der Waals surface area contributed by atoms with Crippen LogP contribution in [0.15, 0.2) is 18.2 Å². The van der Waals surface area contributed by atoms with Crippen molar-refractivity contribution in [1.82, 2.24) is 9.21 Å². The number of nitrogens with two attached hydrogens (primary N) is 1. The highest BCUT2D eigenvalue weighted by Crippen LogP contribution is 2.32. The number of nitrogen functional groups attached to an aromatic ring is 1. The van der Waals surface area contributed by atoms with E-state index in [0.29, 0.717) is 23.5 Å². The Kier molecular flexibility index (Phi) is 4.86. The van der Waals surface area contributed by atoms with Crippen LogP contribution in [0.25, 0.3) is 0 Å². The van der Waals surface area contributed by atoms with Crippen molar-refractivity contribution >= 4 is 21.6 Å². The van der Waals surface area contributed by atoms with E-state index in [4.69, 9.17) is 10.5 Å². The number of fused-ring (bicyclic) bond motifs is 1. The summed E-state index contributed by atoms with van der Waals surface area (Å²) in [7, 11) is -0.0919. The maximum atomic E-state index is 12.5. The Morgan fingerprint density at radius 3 is 2.70 bits per heavy atom. The number of hydrogen-bond donors (Lipinski definition) is 1. The van der Waals surface area contributed by atoms with E-state index in [1.54, 1.807) is 30.1 Å². The number of carbonyl (C=O) groups excluding carboxylic acids is 1. The van der Waals surface area contributed by atoms with Crippen LogP contribution in [0.5, 0.6) is 5.75 Å². The fourth-order valence-electron chi connectivity index (χ4n) is 2.57. The van der Waals surface area contributed by atoms with E-state index in [0.717, 1.165) is 6.26 Å². The molecular formula is C15H23N3O4S. The van der Waals surface area contributed by atoms with Crippen molar-refractivity contribution < 1.29 is 17.9 Å². The molecule has 1 aromatic rings. The van der Waals surface area contributed by atoms with Crippen molar-refractivity contribution in [2.24, 2.45) is 5.92 Å². The van der Waals surface area contributed by atoms with E-state index in [1.165, 1.54) is 11.4 Å². The maximum absolute atomic E-state index is 12.5. The highest BCUT2D eigenvalue weighted by molar-refractivity contribution is 7.88. The van der Waals surface area contributed by atoms with Crippen molar-refractivity contribution in [2.75, 3.05) is 39.2 Å². The van der Waals surface area contributed by atoms with Gasteiger partial charge in [0.25, 0.3) is 5.91 Å². The molecular weight excluding hydrogens is 318 g/mol. The van der Waals surface area contributed by atoms with E-state index < -0.39 is 16.1 Å². The molecule has 0 bridgehead atoms. The summed E-state index contributed by atoms with van der Waals surface area (Å²) >= 11 is 0. The molecule has 23 heavy (non-hydrogen) atoms. The van der Waals surface area contributed by atoms with Crippen LogP contribution in [-0.4, -0.2) is 63.1 Å². The first-order chi connectivity index (χ1) is 10.6. The number of ether oxygens (including phenoxy) is 1. The van der Waals surface area contributed by atoms with Gasteiger partial charge in [-0.15, -0.1) is 0 Å². The number of anilines is 1. The molecule has 0 spiro atoms. The second-order valence-corrected chi connectivity index (χ2v) is 8.18. The van der Waals surface area contributed by atoms with Crippen molar-refractivity contribution in [1.29, 1.82) is 0 Å². The lowest BCUT2D eigenvalue weighted by atomic mass is 10.0. The summed E-state index contributed by atoms with van der Waals surface area (Å²) in [4.78, 5) is 14.1. The van der Waals surface area contributed by atoms with Gasteiger partial charge in [-0.1, -0.05) is 13.0 Å². The largest absolute Gasteiger partial charge is 0.486 e. The third-order valence-corrected chi connectivity index (χ3v) is 5.37. The summed E-state index contributed by atoms with van der Waals surface area (Å²) < 4.78 is 30.6. The first-order valence-electron chi connectivity index (χ1n) is 7.33. The number of rotatable bonds is 3. The fourth-order valence-corrected chi connectivity index (χ4v) is 2.98. The predicted octanol–water partition coefficient (Wildman–Crippen LogP) is 0.629. The zero-order valence-corrected chi connectivity index (χ0v) is 14.6. The highest BCUT2D eigenvalue weighted by Gasteiger charge is 2.31. The molecule has 2 atom stereocenters. The molecule has 0 unspecified atom stereocenters. The van der Waals surface area contributed by atoms with Crippen molar-refractivity contribution in [3.05, 3.63) is 23.8 Å². The molecule has 0 saturated carbocycles. The Bertz CT molecular complexity index is 705. The molecule has 128 valence electrons. The number of likely N-dealkylation sites (N-methyl/N-ethyl adjacent to an activating group) is 1. The molecule has 0 aliphatic carbocycles. The molecule has 0 radical (unpaired) electrons. The standard InChI is InChI=1S/C15H23N3O4S/c1-10-8-17(2)15(19)11-6-5-7-12(16)14(11)22-13(10)9-18(3)23(4,20)21/h5-7,10,13H,8-9,16H2,1-4H3/t10-,13-/m0/s1. The maximum Gasteiger partial charge on any atom is 0.257 e. The molecule has 1 amide bonds.